The maximum Gasteiger partial charge on any atom is 0.0491 e. The largest absolute Gasteiger partial charge is 0.384 e. The summed E-state index contributed by atoms with van der Waals surface area (Å²) in [5, 5.41) is 4.25. The number of anilines is 1. The Morgan fingerprint density at radius 1 is 1.35 bits per heavy atom. The fraction of sp³-hybridized carbons (Fsp3) is 0.625. The predicted molar refractivity (Wildman–Crippen MR) is 85.6 cm³/mol. The van der Waals surface area contributed by atoms with Crippen molar-refractivity contribution in [2.45, 2.75) is 26.3 Å². The molecule has 0 amide bonds. The zero-order valence-electron chi connectivity index (χ0n) is 12.5. The molecule has 1 fully saturated rings. The molecule has 112 valence electrons. The van der Waals surface area contributed by atoms with E-state index in [2.05, 4.69) is 23.2 Å². The fourth-order valence-corrected chi connectivity index (χ4v) is 3.08. The van der Waals surface area contributed by atoms with Crippen molar-refractivity contribution in [3.8, 4) is 0 Å². The number of hydrogen-bond acceptors (Lipinski definition) is 3. The van der Waals surface area contributed by atoms with Gasteiger partial charge in [-0.15, -0.1) is 0 Å². The van der Waals surface area contributed by atoms with E-state index in [1.807, 2.05) is 12.1 Å². The molecular formula is C16H25ClN2O. The molecule has 2 rings (SSSR count). The van der Waals surface area contributed by atoms with Crippen LogP contribution in [0.15, 0.2) is 18.2 Å². The summed E-state index contributed by atoms with van der Waals surface area (Å²) in [4.78, 5) is 2.46. The van der Waals surface area contributed by atoms with Gasteiger partial charge >= 0.3 is 0 Å². The maximum absolute atomic E-state index is 6.38. The lowest BCUT2D eigenvalue weighted by Crippen LogP contribution is -2.35. The summed E-state index contributed by atoms with van der Waals surface area (Å²) < 4.78 is 5.27. The van der Waals surface area contributed by atoms with Gasteiger partial charge in [-0.25, -0.2) is 0 Å². The highest BCUT2D eigenvalue weighted by Crippen LogP contribution is 2.30. The first-order valence-corrected chi connectivity index (χ1v) is 7.86. The highest BCUT2D eigenvalue weighted by Gasteiger charge is 2.21. The topological polar surface area (TPSA) is 24.5 Å². The Bertz CT molecular complexity index is 417. The van der Waals surface area contributed by atoms with Gasteiger partial charge < -0.3 is 15.0 Å². The van der Waals surface area contributed by atoms with Gasteiger partial charge in [0.15, 0.2) is 0 Å². The number of piperidine rings is 1. The average Bonchev–Trinajstić information content (AvgIpc) is 2.47. The monoisotopic (exact) mass is 296 g/mol. The Labute approximate surface area is 127 Å². The Morgan fingerprint density at radius 2 is 2.10 bits per heavy atom. The smallest absolute Gasteiger partial charge is 0.0491 e. The standard InChI is InChI=1S/C16H25ClN2O/c1-3-18-11-14-15(17)5-4-6-16(14)19-9-7-13(8-10-19)12-20-2/h4-6,13,18H,3,7-12H2,1-2H3. The van der Waals surface area contributed by atoms with Crippen molar-refractivity contribution in [3.63, 3.8) is 0 Å². The minimum atomic E-state index is 0.702. The first kappa shape index (κ1) is 15.6. The summed E-state index contributed by atoms with van der Waals surface area (Å²) in [6.07, 6.45) is 2.39. The quantitative estimate of drug-likeness (QED) is 0.871. The zero-order valence-corrected chi connectivity index (χ0v) is 13.2. The van der Waals surface area contributed by atoms with Crippen LogP contribution in [0.2, 0.25) is 5.02 Å². The van der Waals surface area contributed by atoms with Crippen LogP contribution in [-0.2, 0) is 11.3 Å². The van der Waals surface area contributed by atoms with Crippen LogP contribution in [0.25, 0.3) is 0 Å². The molecule has 1 aromatic carbocycles. The first-order chi connectivity index (χ1) is 9.76. The van der Waals surface area contributed by atoms with Crippen LogP contribution in [0.1, 0.15) is 25.3 Å². The normalized spacial score (nSPS) is 16.6. The van der Waals surface area contributed by atoms with Crippen molar-refractivity contribution in [2.75, 3.05) is 38.3 Å². The van der Waals surface area contributed by atoms with Crippen LogP contribution in [-0.4, -0.2) is 33.4 Å². The molecule has 1 aromatic rings. The number of hydrogen-bond donors (Lipinski definition) is 1. The third-order valence-corrected chi connectivity index (χ3v) is 4.36. The molecule has 1 saturated heterocycles. The Kier molecular flexibility index (Phi) is 6.14. The third-order valence-electron chi connectivity index (χ3n) is 4.00. The van der Waals surface area contributed by atoms with Crippen LogP contribution in [0.4, 0.5) is 5.69 Å². The van der Waals surface area contributed by atoms with Crippen LogP contribution in [0.3, 0.4) is 0 Å². The predicted octanol–water partition coefficient (Wildman–Crippen LogP) is 3.31. The molecule has 0 spiro atoms. The molecule has 0 atom stereocenters. The van der Waals surface area contributed by atoms with Crippen molar-refractivity contribution in [2.24, 2.45) is 5.92 Å². The van der Waals surface area contributed by atoms with Crippen molar-refractivity contribution < 1.29 is 4.74 Å². The number of ether oxygens (including phenoxy) is 1. The van der Waals surface area contributed by atoms with E-state index in [1.165, 1.54) is 24.1 Å². The minimum Gasteiger partial charge on any atom is -0.384 e. The molecule has 1 aliphatic rings. The lowest BCUT2D eigenvalue weighted by atomic mass is 9.96. The van der Waals surface area contributed by atoms with Gasteiger partial charge in [-0.2, -0.15) is 0 Å². The van der Waals surface area contributed by atoms with Crippen LogP contribution >= 0.6 is 11.6 Å². The van der Waals surface area contributed by atoms with Crippen molar-refractivity contribution in [1.82, 2.24) is 5.32 Å². The molecule has 0 unspecified atom stereocenters. The average molecular weight is 297 g/mol. The second-order valence-electron chi connectivity index (χ2n) is 5.40. The molecule has 3 nitrogen and oxygen atoms in total. The molecule has 4 heteroatoms. The molecule has 0 aromatic heterocycles. The van der Waals surface area contributed by atoms with Gasteiger partial charge in [-0.3, -0.25) is 0 Å². The molecular weight excluding hydrogens is 272 g/mol. The zero-order chi connectivity index (χ0) is 14.4. The van der Waals surface area contributed by atoms with E-state index in [4.69, 9.17) is 16.3 Å². The first-order valence-electron chi connectivity index (χ1n) is 7.48. The van der Waals surface area contributed by atoms with Gasteiger partial charge in [0.2, 0.25) is 0 Å². The van der Waals surface area contributed by atoms with E-state index in [-0.39, 0.29) is 0 Å². The van der Waals surface area contributed by atoms with Crippen LogP contribution in [0.5, 0.6) is 0 Å². The number of benzene rings is 1. The Morgan fingerprint density at radius 3 is 2.75 bits per heavy atom. The summed E-state index contributed by atoms with van der Waals surface area (Å²) in [6, 6.07) is 6.22. The van der Waals surface area contributed by atoms with Gasteiger partial charge in [0.1, 0.15) is 0 Å². The Hall–Kier alpha value is -0.770. The molecule has 0 bridgehead atoms. The summed E-state index contributed by atoms with van der Waals surface area (Å²) in [6.45, 7) is 6.98. The number of nitrogens with one attached hydrogen (secondary N) is 1. The minimum absolute atomic E-state index is 0.702. The van der Waals surface area contributed by atoms with Crippen LogP contribution < -0.4 is 10.2 Å². The van der Waals surface area contributed by atoms with E-state index in [1.54, 1.807) is 7.11 Å². The fourth-order valence-electron chi connectivity index (χ4n) is 2.84. The lowest BCUT2D eigenvalue weighted by Gasteiger charge is -2.34. The van der Waals surface area contributed by atoms with Gasteiger partial charge in [-0.1, -0.05) is 24.6 Å². The summed E-state index contributed by atoms with van der Waals surface area (Å²) in [7, 11) is 1.79. The summed E-state index contributed by atoms with van der Waals surface area (Å²) >= 11 is 6.38. The molecule has 1 heterocycles. The summed E-state index contributed by atoms with van der Waals surface area (Å²) in [5.41, 5.74) is 2.51. The molecule has 1 N–H and O–H groups in total. The molecule has 0 saturated carbocycles. The lowest BCUT2D eigenvalue weighted by molar-refractivity contribution is 0.139. The van der Waals surface area contributed by atoms with Crippen molar-refractivity contribution in [3.05, 3.63) is 28.8 Å². The van der Waals surface area contributed by atoms with Gasteiger partial charge in [-0.05, 0) is 37.4 Å². The van der Waals surface area contributed by atoms with Gasteiger partial charge in [0.05, 0.1) is 0 Å². The third kappa shape index (κ3) is 3.87. The van der Waals surface area contributed by atoms with E-state index in [0.717, 1.165) is 37.8 Å². The summed E-state index contributed by atoms with van der Waals surface area (Å²) in [5.74, 6) is 0.702. The number of methoxy groups -OCH3 is 1. The van der Waals surface area contributed by atoms with E-state index in [9.17, 15) is 0 Å². The maximum atomic E-state index is 6.38. The highest BCUT2D eigenvalue weighted by molar-refractivity contribution is 6.31. The second-order valence-corrected chi connectivity index (χ2v) is 5.81. The highest BCUT2D eigenvalue weighted by atomic mass is 35.5. The van der Waals surface area contributed by atoms with Gasteiger partial charge in [0, 0.05) is 49.6 Å². The van der Waals surface area contributed by atoms with Crippen molar-refractivity contribution >= 4 is 17.3 Å². The van der Waals surface area contributed by atoms with Crippen LogP contribution in [0, 0.1) is 5.92 Å². The van der Waals surface area contributed by atoms with E-state index in [0.29, 0.717) is 5.92 Å². The van der Waals surface area contributed by atoms with Gasteiger partial charge in [0.25, 0.3) is 0 Å². The Balaban J connectivity index is 2.07. The van der Waals surface area contributed by atoms with E-state index < -0.39 is 0 Å². The van der Waals surface area contributed by atoms with E-state index >= 15 is 0 Å². The number of halogens is 1. The second kappa shape index (κ2) is 7.87. The SMILES string of the molecule is CCNCc1c(Cl)cccc1N1CCC(COC)CC1. The molecule has 0 aliphatic carbocycles. The van der Waals surface area contributed by atoms with Crippen molar-refractivity contribution in [1.29, 1.82) is 0 Å². The number of rotatable bonds is 6. The molecule has 1 aliphatic heterocycles. The number of nitrogens with zero attached hydrogens (tertiary/aromatic N) is 1. The molecule has 0 radical (unpaired) electrons. The molecule has 20 heavy (non-hydrogen) atoms.